The Balaban J connectivity index is 2.81. The smallest absolute Gasteiger partial charge is 0.326 e. The molecule has 0 aliphatic carbocycles. The topological polar surface area (TPSA) is 88.5 Å². The van der Waals surface area contributed by atoms with Gasteiger partial charge in [0.05, 0.1) is 5.56 Å². The van der Waals surface area contributed by atoms with Crippen molar-refractivity contribution >= 4 is 39.4 Å². The van der Waals surface area contributed by atoms with Crippen LogP contribution in [0.3, 0.4) is 0 Å². The molecule has 6 nitrogen and oxygen atoms in total. The molecular weight excluding hydrogens is 339 g/mol. The highest BCUT2D eigenvalue weighted by atomic mass is 79.9. The van der Waals surface area contributed by atoms with Gasteiger partial charge >= 0.3 is 5.97 Å². The highest BCUT2D eigenvalue weighted by Gasteiger charge is 2.22. The van der Waals surface area contributed by atoms with Gasteiger partial charge in [-0.05, 0) is 22.0 Å². The van der Waals surface area contributed by atoms with Crippen molar-refractivity contribution in [2.24, 2.45) is 0 Å². The van der Waals surface area contributed by atoms with Gasteiger partial charge < -0.3 is 15.2 Å². The number of amides is 1. The molecule has 2 N–H and O–H groups in total. The molecule has 1 atom stereocenters. The van der Waals surface area contributed by atoms with Crippen LogP contribution in [0, 0.1) is 0 Å². The number of rotatable bonds is 6. The number of hydrogen-bond acceptors (Lipinski definition) is 4. The number of nitrogens with zero attached hydrogens (tertiary/aromatic N) is 1. The highest BCUT2D eigenvalue weighted by molar-refractivity contribution is 9.10. The van der Waals surface area contributed by atoms with Crippen molar-refractivity contribution in [2.75, 3.05) is 13.7 Å². The van der Waals surface area contributed by atoms with Crippen molar-refractivity contribution in [2.45, 2.75) is 12.5 Å². The minimum atomic E-state index is -1.13. The number of halogens is 2. The molecule has 0 radical (unpaired) electrons. The summed E-state index contributed by atoms with van der Waals surface area (Å²) in [6, 6.07) is 0.433. The number of nitrogens with one attached hydrogen (secondary N) is 1. The molecular formula is C11H12BrClN2O4. The Bertz CT molecular complexity index is 484. The summed E-state index contributed by atoms with van der Waals surface area (Å²) in [6.07, 6.45) is 1.61. The molecule has 1 aromatic heterocycles. The highest BCUT2D eigenvalue weighted by Crippen LogP contribution is 2.18. The lowest BCUT2D eigenvalue weighted by molar-refractivity contribution is -0.139. The molecule has 0 saturated carbocycles. The number of carboxylic acid groups (broad SMARTS) is 1. The molecule has 8 heteroatoms. The van der Waals surface area contributed by atoms with E-state index in [1.54, 1.807) is 0 Å². The zero-order valence-corrected chi connectivity index (χ0v) is 12.4. The van der Waals surface area contributed by atoms with E-state index in [0.29, 0.717) is 4.47 Å². The maximum atomic E-state index is 11.9. The van der Waals surface area contributed by atoms with Crippen LogP contribution >= 0.6 is 27.5 Å². The number of pyridine rings is 1. The summed E-state index contributed by atoms with van der Waals surface area (Å²) in [4.78, 5) is 26.7. The number of ether oxygens (including phenoxy) is 1. The van der Waals surface area contributed by atoms with Gasteiger partial charge in [0.2, 0.25) is 0 Å². The van der Waals surface area contributed by atoms with Gasteiger partial charge in [0.15, 0.2) is 0 Å². The van der Waals surface area contributed by atoms with E-state index in [0.717, 1.165) is 0 Å². The summed E-state index contributed by atoms with van der Waals surface area (Å²) in [5.74, 6) is -1.73. The predicted molar refractivity (Wildman–Crippen MR) is 72.3 cm³/mol. The fourth-order valence-corrected chi connectivity index (χ4v) is 1.83. The molecule has 1 unspecified atom stereocenters. The lowest BCUT2D eigenvalue weighted by Gasteiger charge is -2.14. The number of aromatic nitrogens is 1. The van der Waals surface area contributed by atoms with Crippen LogP contribution in [-0.4, -0.2) is 41.7 Å². The van der Waals surface area contributed by atoms with Crippen molar-refractivity contribution in [1.82, 2.24) is 10.3 Å². The molecule has 104 valence electrons. The third kappa shape index (κ3) is 4.77. The van der Waals surface area contributed by atoms with E-state index in [1.807, 2.05) is 0 Å². The van der Waals surface area contributed by atoms with Crippen LogP contribution in [0.15, 0.2) is 16.7 Å². The molecule has 1 rings (SSSR count). The molecule has 1 heterocycles. The van der Waals surface area contributed by atoms with Gasteiger partial charge in [0, 0.05) is 30.8 Å². The summed E-state index contributed by atoms with van der Waals surface area (Å²) in [5, 5.41) is 11.4. The summed E-state index contributed by atoms with van der Waals surface area (Å²) in [5.41, 5.74) is 0.111. The Morgan fingerprint density at radius 3 is 2.89 bits per heavy atom. The first-order chi connectivity index (χ1) is 8.95. The Labute approximate surface area is 123 Å². The van der Waals surface area contributed by atoms with Gasteiger partial charge in [-0.3, -0.25) is 4.79 Å². The van der Waals surface area contributed by atoms with Crippen LogP contribution in [0.25, 0.3) is 0 Å². The molecule has 0 bridgehead atoms. The van der Waals surface area contributed by atoms with E-state index in [2.05, 4.69) is 26.2 Å². The quantitative estimate of drug-likeness (QED) is 0.762. The average Bonchev–Trinajstić information content (AvgIpc) is 2.36. The summed E-state index contributed by atoms with van der Waals surface area (Å²) < 4.78 is 5.37. The average molecular weight is 352 g/mol. The second kappa shape index (κ2) is 7.42. The van der Waals surface area contributed by atoms with E-state index in [-0.39, 0.29) is 23.7 Å². The Morgan fingerprint density at radius 1 is 1.63 bits per heavy atom. The molecule has 0 aromatic carbocycles. The third-order valence-electron chi connectivity index (χ3n) is 2.26. The standard InChI is InChI=1S/C11H12BrClN2O4/c1-19-3-2-8(11(17)18)15-10(16)7-4-6(12)5-14-9(7)13/h4-5,8H,2-3H2,1H3,(H,15,16)(H,17,18). The predicted octanol–water partition coefficient (Wildman–Crippen LogP) is 1.72. The monoisotopic (exact) mass is 350 g/mol. The second-order valence-corrected chi connectivity index (χ2v) is 4.91. The van der Waals surface area contributed by atoms with Crippen LogP contribution < -0.4 is 5.32 Å². The maximum absolute atomic E-state index is 11.9. The number of carbonyl (C=O) groups is 2. The van der Waals surface area contributed by atoms with Crippen LogP contribution in [0.1, 0.15) is 16.8 Å². The maximum Gasteiger partial charge on any atom is 0.326 e. The van der Waals surface area contributed by atoms with E-state index >= 15 is 0 Å². The SMILES string of the molecule is COCCC(NC(=O)c1cc(Br)cnc1Cl)C(=O)O. The van der Waals surface area contributed by atoms with Crippen LogP contribution in [0.4, 0.5) is 0 Å². The molecule has 0 saturated heterocycles. The normalized spacial score (nSPS) is 11.9. The van der Waals surface area contributed by atoms with Crippen molar-refractivity contribution < 1.29 is 19.4 Å². The Hall–Kier alpha value is -1.18. The second-order valence-electron chi connectivity index (χ2n) is 3.64. The molecule has 0 fully saturated rings. The van der Waals surface area contributed by atoms with Crippen LogP contribution in [0.5, 0.6) is 0 Å². The van der Waals surface area contributed by atoms with Crippen molar-refractivity contribution in [3.63, 3.8) is 0 Å². The lowest BCUT2D eigenvalue weighted by Crippen LogP contribution is -2.41. The van der Waals surface area contributed by atoms with Gasteiger partial charge in [0.25, 0.3) is 5.91 Å². The summed E-state index contributed by atoms with van der Waals surface area (Å²) in [6.45, 7) is 0.224. The first-order valence-electron chi connectivity index (χ1n) is 5.29. The van der Waals surface area contributed by atoms with E-state index < -0.39 is 17.9 Å². The third-order valence-corrected chi connectivity index (χ3v) is 3.00. The fourth-order valence-electron chi connectivity index (χ4n) is 1.31. The Morgan fingerprint density at radius 2 is 2.32 bits per heavy atom. The lowest BCUT2D eigenvalue weighted by atomic mass is 10.2. The summed E-state index contributed by atoms with van der Waals surface area (Å²) in [7, 11) is 1.45. The zero-order chi connectivity index (χ0) is 14.4. The molecule has 0 spiro atoms. The molecule has 1 aromatic rings. The van der Waals surface area contributed by atoms with Gasteiger partial charge in [0.1, 0.15) is 11.2 Å². The van der Waals surface area contributed by atoms with E-state index in [1.165, 1.54) is 19.4 Å². The molecule has 1 amide bonds. The largest absolute Gasteiger partial charge is 0.480 e. The van der Waals surface area contributed by atoms with Crippen molar-refractivity contribution in [1.29, 1.82) is 0 Å². The van der Waals surface area contributed by atoms with Gasteiger partial charge in [-0.25, -0.2) is 9.78 Å². The zero-order valence-electron chi connectivity index (χ0n) is 10.0. The first-order valence-corrected chi connectivity index (χ1v) is 6.46. The van der Waals surface area contributed by atoms with E-state index in [9.17, 15) is 9.59 Å². The minimum absolute atomic E-state index is 0.0107. The molecule has 0 aliphatic rings. The minimum Gasteiger partial charge on any atom is -0.480 e. The van der Waals surface area contributed by atoms with Gasteiger partial charge in [-0.1, -0.05) is 11.6 Å². The number of methoxy groups -OCH3 is 1. The molecule has 19 heavy (non-hydrogen) atoms. The van der Waals surface area contributed by atoms with E-state index in [4.69, 9.17) is 21.4 Å². The van der Waals surface area contributed by atoms with Crippen LogP contribution in [0.2, 0.25) is 5.15 Å². The number of aliphatic carboxylic acids is 1. The number of hydrogen-bond donors (Lipinski definition) is 2. The summed E-state index contributed by atoms with van der Waals surface area (Å²) >= 11 is 8.96. The van der Waals surface area contributed by atoms with Gasteiger partial charge in [-0.15, -0.1) is 0 Å². The van der Waals surface area contributed by atoms with Crippen LogP contribution in [-0.2, 0) is 9.53 Å². The van der Waals surface area contributed by atoms with Crippen molar-refractivity contribution in [3.8, 4) is 0 Å². The van der Waals surface area contributed by atoms with Gasteiger partial charge in [-0.2, -0.15) is 0 Å². The first kappa shape index (κ1) is 15.9. The van der Waals surface area contributed by atoms with Crippen molar-refractivity contribution in [3.05, 3.63) is 27.5 Å². The Kier molecular flexibility index (Phi) is 6.20. The number of carbonyl (C=O) groups excluding carboxylic acids is 1. The number of carboxylic acids is 1. The fraction of sp³-hybridized carbons (Fsp3) is 0.364. The molecule has 0 aliphatic heterocycles.